The largest absolute Gasteiger partial charge is 0.496 e. The van der Waals surface area contributed by atoms with E-state index in [0.717, 1.165) is 15.1 Å². The maximum absolute atomic E-state index is 12.0. The van der Waals surface area contributed by atoms with Gasteiger partial charge in [-0.1, -0.05) is 12.1 Å². The minimum atomic E-state index is -0.0780. The molecule has 6 heteroatoms. The maximum Gasteiger partial charge on any atom is 0.234 e. The number of methoxy groups -OCH3 is 1. The Balaban J connectivity index is 1.97. The molecule has 3 N–H and O–H groups in total. The van der Waals surface area contributed by atoms with Crippen LogP contribution in [-0.2, 0) is 4.79 Å². The van der Waals surface area contributed by atoms with E-state index in [4.69, 9.17) is 10.5 Å². The average molecular weight is 367 g/mol. The predicted molar refractivity (Wildman–Crippen MR) is 90.9 cm³/mol. The summed E-state index contributed by atoms with van der Waals surface area (Å²) in [5.41, 5.74) is 7.09. The summed E-state index contributed by atoms with van der Waals surface area (Å²) < 4.78 is 6.11. The summed E-state index contributed by atoms with van der Waals surface area (Å²) in [7, 11) is 1.58. The van der Waals surface area contributed by atoms with Gasteiger partial charge in [0, 0.05) is 21.1 Å². The Kier molecular flexibility index (Phi) is 5.52. The smallest absolute Gasteiger partial charge is 0.234 e. The monoisotopic (exact) mass is 366 g/mol. The Morgan fingerprint density at radius 1 is 1.33 bits per heavy atom. The third-order valence-electron chi connectivity index (χ3n) is 2.69. The molecule has 0 saturated heterocycles. The minimum Gasteiger partial charge on any atom is -0.496 e. The van der Waals surface area contributed by atoms with Gasteiger partial charge >= 0.3 is 0 Å². The number of hydrogen-bond donors (Lipinski definition) is 2. The van der Waals surface area contributed by atoms with Crippen molar-refractivity contribution in [1.82, 2.24) is 0 Å². The van der Waals surface area contributed by atoms with Crippen LogP contribution in [0.3, 0.4) is 0 Å². The van der Waals surface area contributed by atoms with Gasteiger partial charge in [0.2, 0.25) is 5.91 Å². The first-order chi connectivity index (χ1) is 10.1. The number of hydrogen-bond acceptors (Lipinski definition) is 4. The fourth-order valence-corrected chi connectivity index (χ4v) is 2.89. The number of thioether (sulfide) groups is 1. The molecule has 2 rings (SSSR count). The zero-order valence-corrected chi connectivity index (χ0v) is 13.8. The molecule has 0 radical (unpaired) electrons. The summed E-state index contributed by atoms with van der Waals surface area (Å²) in [5, 5.41) is 2.86. The van der Waals surface area contributed by atoms with Crippen molar-refractivity contribution in [1.29, 1.82) is 0 Å². The number of carbonyl (C=O) groups excluding carboxylic acids is 1. The van der Waals surface area contributed by atoms with Crippen LogP contribution >= 0.6 is 27.7 Å². The van der Waals surface area contributed by atoms with Crippen molar-refractivity contribution < 1.29 is 9.53 Å². The highest BCUT2D eigenvalue weighted by atomic mass is 79.9. The second-order valence-electron chi connectivity index (χ2n) is 4.23. The molecule has 110 valence electrons. The molecule has 0 aromatic heterocycles. The number of carbonyl (C=O) groups is 1. The lowest BCUT2D eigenvalue weighted by Crippen LogP contribution is -2.14. The summed E-state index contributed by atoms with van der Waals surface area (Å²) in [4.78, 5) is 12.9. The van der Waals surface area contributed by atoms with Crippen LogP contribution in [0.25, 0.3) is 0 Å². The van der Waals surface area contributed by atoms with Crippen LogP contribution in [0.4, 0.5) is 11.4 Å². The molecule has 2 aromatic carbocycles. The number of benzene rings is 2. The van der Waals surface area contributed by atoms with Gasteiger partial charge in [0.1, 0.15) is 5.75 Å². The van der Waals surface area contributed by atoms with Gasteiger partial charge in [0.25, 0.3) is 0 Å². The van der Waals surface area contributed by atoms with Crippen LogP contribution in [-0.4, -0.2) is 18.8 Å². The second kappa shape index (κ2) is 7.38. The summed E-state index contributed by atoms with van der Waals surface area (Å²) in [6.07, 6.45) is 0. The highest BCUT2D eigenvalue weighted by Gasteiger charge is 2.09. The van der Waals surface area contributed by atoms with E-state index in [9.17, 15) is 4.79 Å². The first-order valence-corrected chi connectivity index (χ1v) is 7.98. The second-order valence-corrected chi connectivity index (χ2v) is 6.10. The molecule has 4 nitrogen and oxygen atoms in total. The molecule has 0 fully saturated rings. The molecule has 0 bridgehead atoms. The number of nitrogen functional groups attached to an aromatic ring is 1. The molecular formula is C15H15BrN2O2S. The number of nitrogens with one attached hydrogen (secondary N) is 1. The maximum atomic E-state index is 12.0. The van der Waals surface area contributed by atoms with Crippen molar-refractivity contribution in [3.05, 3.63) is 46.9 Å². The van der Waals surface area contributed by atoms with Crippen LogP contribution in [0.15, 0.2) is 51.8 Å². The average Bonchev–Trinajstić information content (AvgIpc) is 2.48. The van der Waals surface area contributed by atoms with E-state index in [1.54, 1.807) is 19.2 Å². The van der Waals surface area contributed by atoms with E-state index in [-0.39, 0.29) is 5.91 Å². The first kappa shape index (κ1) is 15.7. The SMILES string of the molecule is COc1cc(N)ccc1SCC(=O)Nc1ccccc1Br. The lowest BCUT2D eigenvalue weighted by molar-refractivity contribution is -0.113. The molecular weight excluding hydrogens is 352 g/mol. The zero-order chi connectivity index (χ0) is 15.2. The number of rotatable bonds is 5. The molecule has 0 unspecified atom stereocenters. The van der Waals surface area contributed by atoms with E-state index in [1.807, 2.05) is 30.3 Å². The Morgan fingerprint density at radius 3 is 2.81 bits per heavy atom. The number of amides is 1. The van der Waals surface area contributed by atoms with Crippen molar-refractivity contribution in [2.45, 2.75) is 4.90 Å². The Hall–Kier alpha value is -1.66. The minimum absolute atomic E-state index is 0.0780. The molecule has 0 atom stereocenters. The third kappa shape index (κ3) is 4.41. The van der Waals surface area contributed by atoms with E-state index in [2.05, 4.69) is 21.2 Å². The topological polar surface area (TPSA) is 64.3 Å². The van der Waals surface area contributed by atoms with Crippen molar-refractivity contribution in [2.75, 3.05) is 23.9 Å². The van der Waals surface area contributed by atoms with Gasteiger partial charge in [-0.05, 0) is 40.2 Å². The van der Waals surface area contributed by atoms with Crippen molar-refractivity contribution >= 4 is 45.0 Å². The molecule has 0 spiro atoms. The Morgan fingerprint density at radius 2 is 2.10 bits per heavy atom. The number of ether oxygens (including phenoxy) is 1. The van der Waals surface area contributed by atoms with Crippen LogP contribution in [0.1, 0.15) is 0 Å². The quantitative estimate of drug-likeness (QED) is 0.624. The van der Waals surface area contributed by atoms with Gasteiger partial charge < -0.3 is 15.8 Å². The lowest BCUT2D eigenvalue weighted by atomic mass is 10.3. The standard InChI is InChI=1S/C15H15BrN2O2S/c1-20-13-8-10(17)6-7-14(13)21-9-15(19)18-12-5-3-2-4-11(12)16/h2-8H,9,17H2,1H3,(H,18,19). The number of halogens is 1. The van der Waals surface area contributed by atoms with Crippen LogP contribution in [0, 0.1) is 0 Å². The molecule has 0 saturated carbocycles. The molecule has 0 aliphatic heterocycles. The normalized spacial score (nSPS) is 10.2. The predicted octanol–water partition coefficient (Wildman–Crippen LogP) is 3.77. The van der Waals surface area contributed by atoms with Crippen LogP contribution < -0.4 is 15.8 Å². The van der Waals surface area contributed by atoms with E-state index in [1.165, 1.54) is 11.8 Å². The molecule has 0 aliphatic carbocycles. The Bertz CT molecular complexity index is 649. The van der Waals surface area contributed by atoms with Crippen molar-refractivity contribution in [3.8, 4) is 5.75 Å². The zero-order valence-electron chi connectivity index (χ0n) is 11.4. The molecule has 0 heterocycles. The fraction of sp³-hybridized carbons (Fsp3) is 0.133. The molecule has 1 amide bonds. The highest BCUT2D eigenvalue weighted by molar-refractivity contribution is 9.10. The van der Waals surface area contributed by atoms with Crippen LogP contribution in [0.2, 0.25) is 0 Å². The summed E-state index contributed by atoms with van der Waals surface area (Å²) in [6, 6.07) is 12.9. The molecule has 21 heavy (non-hydrogen) atoms. The van der Waals surface area contributed by atoms with E-state index in [0.29, 0.717) is 17.2 Å². The molecule has 2 aromatic rings. The highest BCUT2D eigenvalue weighted by Crippen LogP contribution is 2.31. The van der Waals surface area contributed by atoms with E-state index >= 15 is 0 Å². The summed E-state index contributed by atoms with van der Waals surface area (Å²) >= 11 is 4.80. The number of para-hydroxylation sites is 1. The van der Waals surface area contributed by atoms with Crippen molar-refractivity contribution in [3.63, 3.8) is 0 Å². The lowest BCUT2D eigenvalue weighted by Gasteiger charge is -2.10. The summed E-state index contributed by atoms with van der Waals surface area (Å²) in [6.45, 7) is 0. The van der Waals surface area contributed by atoms with Crippen LogP contribution in [0.5, 0.6) is 5.75 Å². The van der Waals surface area contributed by atoms with Gasteiger partial charge in [0.15, 0.2) is 0 Å². The van der Waals surface area contributed by atoms with E-state index < -0.39 is 0 Å². The number of anilines is 2. The first-order valence-electron chi connectivity index (χ1n) is 6.21. The Labute approximate surface area is 136 Å². The van der Waals surface area contributed by atoms with Crippen molar-refractivity contribution in [2.24, 2.45) is 0 Å². The van der Waals surface area contributed by atoms with Gasteiger partial charge in [-0.3, -0.25) is 4.79 Å². The van der Waals surface area contributed by atoms with Gasteiger partial charge in [-0.2, -0.15) is 0 Å². The van der Waals surface area contributed by atoms with Gasteiger partial charge in [0.05, 0.1) is 18.6 Å². The molecule has 0 aliphatic rings. The van der Waals surface area contributed by atoms with Gasteiger partial charge in [-0.25, -0.2) is 0 Å². The number of nitrogens with two attached hydrogens (primary N) is 1. The summed E-state index contributed by atoms with van der Waals surface area (Å²) in [5.74, 6) is 0.890. The van der Waals surface area contributed by atoms with Gasteiger partial charge in [-0.15, -0.1) is 11.8 Å². The third-order valence-corrected chi connectivity index (χ3v) is 4.44. The fourth-order valence-electron chi connectivity index (χ4n) is 1.70.